The molecule has 25 heavy (non-hydrogen) atoms. The van der Waals surface area contributed by atoms with Crippen molar-refractivity contribution in [1.82, 2.24) is 4.72 Å². The summed E-state index contributed by atoms with van der Waals surface area (Å²) in [5, 5.41) is 2.70. The molecule has 0 atom stereocenters. The van der Waals surface area contributed by atoms with Crippen LogP contribution in [0.15, 0.2) is 29.2 Å². The fourth-order valence-electron chi connectivity index (χ4n) is 2.83. The van der Waals surface area contributed by atoms with Gasteiger partial charge in [-0.2, -0.15) is 0 Å². The van der Waals surface area contributed by atoms with Gasteiger partial charge in [-0.05, 0) is 51.8 Å². The molecular formula is C18H28N2O4S. The molecule has 140 valence electrons. The summed E-state index contributed by atoms with van der Waals surface area (Å²) < 4.78 is 33.0. The third kappa shape index (κ3) is 6.76. The van der Waals surface area contributed by atoms with E-state index in [1.165, 1.54) is 18.6 Å². The number of carbonyl (C=O) groups excluding carboxylic acids is 1. The van der Waals surface area contributed by atoms with Crippen LogP contribution in [0.25, 0.3) is 0 Å². The fraction of sp³-hybridized carbons (Fsp3) is 0.611. The standard InChI is InChI=1S/C18H28N2O4S/c1-18(2,3)20-25(22,23)16-11-7-8-14(12-16)19-17(21)13-24-15-9-5-4-6-10-15/h7-8,11-12,15,20H,4-6,9-10,13H2,1-3H3,(H,19,21). The van der Waals surface area contributed by atoms with E-state index < -0.39 is 15.6 Å². The average molecular weight is 368 g/mol. The number of carbonyl (C=O) groups is 1. The minimum atomic E-state index is -3.64. The van der Waals surface area contributed by atoms with Gasteiger partial charge in [0.05, 0.1) is 11.0 Å². The summed E-state index contributed by atoms with van der Waals surface area (Å²) >= 11 is 0. The van der Waals surface area contributed by atoms with Gasteiger partial charge in [-0.15, -0.1) is 0 Å². The smallest absolute Gasteiger partial charge is 0.250 e. The van der Waals surface area contributed by atoms with Crippen molar-refractivity contribution >= 4 is 21.6 Å². The predicted molar refractivity (Wildman–Crippen MR) is 98.0 cm³/mol. The maximum atomic E-state index is 12.4. The largest absolute Gasteiger partial charge is 0.368 e. The number of benzene rings is 1. The van der Waals surface area contributed by atoms with Crippen LogP contribution in [0.3, 0.4) is 0 Å². The van der Waals surface area contributed by atoms with Crippen LogP contribution in [0.2, 0.25) is 0 Å². The van der Waals surface area contributed by atoms with Crippen molar-refractivity contribution in [2.24, 2.45) is 0 Å². The van der Waals surface area contributed by atoms with Crippen molar-refractivity contribution in [3.8, 4) is 0 Å². The van der Waals surface area contributed by atoms with Gasteiger partial charge >= 0.3 is 0 Å². The normalized spacial score (nSPS) is 16.6. The van der Waals surface area contributed by atoms with Crippen molar-refractivity contribution in [3.05, 3.63) is 24.3 Å². The van der Waals surface area contributed by atoms with E-state index in [2.05, 4.69) is 10.0 Å². The Morgan fingerprint density at radius 3 is 2.52 bits per heavy atom. The first-order valence-corrected chi connectivity index (χ1v) is 10.2. The van der Waals surface area contributed by atoms with Crippen LogP contribution < -0.4 is 10.0 Å². The van der Waals surface area contributed by atoms with Crippen molar-refractivity contribution in [2.45, 2.75) is 69.4 Å². The second-order valence-electron chi connectivity index (χ2n) is 7.50. The van der Waals surface area contributed by atoms with Gasteiger partial charge in [0.2, 0.25) is 15.9 Å². The molecule has 6 nitrogen and oxygen atoms in total. The third-order valence-corrected chi connectivity index (χ3v) is 5.63. The molecule has 0 spiro atoms. The van der Waals surface area contributed by atoms with Gasteiger partial charge in [0.1, 0.15) is 6.61 Å². The minimum Gasteiger partial charge on any atom is -0.368 e. The molecule has 0 aromatic heterocycles. The van der Waals surface area contributed by atoms with E-state index >= 15 is 0 Å². The molecule has 1 saturated carbocycles. The van der Waals surface area contributed by atoms with E-state index in [0.29, 0.717) is 5.69 Å². The second-order valence-corrected chi connectivity index (χ2v) is 9.18. The Morgan fingerprint density at radius 1 is 1.20 bits per heavy atom. The van der Waals surface area contributed by atoms with Crippen molar-refractivity contribution in [2.75, 3.05) is 11.9 Å². The topological polar surface area (TPSA) is 84.5 Å². The first-order chi connectivity index (χ1) is 11.7. The molecule has 1 fully saturated rings. The monoisotopic (exact) mass is 368 g/mol. The number of anilines is 1. The zero-order valence-corrected chi connectivity index (χ0v) is 16.0. The van der Waals surface area contributed by atoms with Crippen molar-refractivity contribution in [1.29, 1.82) is 0 Å². The zero-order chi connectivity index (χ0) is 18.5. The molecule has 1 amide bonds. The number of ether oxygens (including phenoxy) is 1. The molecule has 0 radical (unpaired) electrons. The van der Waals surface area contributed by atoms with E-state index in [1.54, 1.807) is 32.9 Å². The quantitative estimate of drug-likeness (QED) is 0.808. The van der Waals surface area contributed by atoms with Gasteiger partial charge in [0.15, 0.2) is 0 Å². The van der Waals surface area contributed by atoms with E-state index in [-0.39, 0.29) is 23.5 Å². The number of amides is 1. The predicted octanol–water partition coefficient (Wildman–Crippen LogP) is 3.05. The van der Waals surface area contributed by atoms with Gasteiger partial charge < -0.3 is 10.1 Å². The lowest BCUT2D eigenvalue weighted by Gasteiger charge is -2.22. The summed E-state index contributed by atoms with van der Waals surface area (Å²) in [6, 6.07) is 6.22. The van der Waals surface area contributed by atoms with E-state index in [0.717, 1.165) is 25.7 Å². The lowest BCUT2D eigenvalue weighted by atomic mass is 9.98. The van der Waals surface area contributed by atoms with Crippen LogP contribution in [-0.2, 0) is 19.6 Å². The van der Waals surface area contributed by atoms with Crippen LogP contribution in [0.5, 0.6) is 0 Å². The number of hydrogen-bond acceptors (Lipinski definition) is 4. The Morgan fingerprint density at radius 2 is 1.88 bits per heavy atom. The number of sulfonamides is 1. The number of hydrogen-bond donors (Lipinski definition) is 2. The maximum absolute atomic E-state index is 12.4. The molecule has 0 unspecified atom stereocenters. The van der Waals surface area contributed by atoms with E-state index in [9.17, 15) is 13.2 Å². The molecule has 1 aromatic carbocycles. The summed E-state index contributed by atoms with van der Waals surface area (Å²) in [6.45, 7) is 5.32. The van der Waals surface area contributed by atoms with Gasteiger partial charge in [-0.3, -0.25) is 4.79 Å². The Balaban J connectivity index is 1.95. The third-order valence-electron chi connectivity index (χ3n) is 3.87. The van der Waals surface area contributed by atoms with Crippen LogP contribution >= 0.6 is 0 Å². The molecule has 0 saturated heterocycles. The first-order valence-electron chi connectivity index (χ1n) is 8.71. The average Bonchev–Trinajstić information content (AvgIpc) is 2.52. The molecule has 1 aliphatic carbocycles. The summed E-state index contributed by atoms with van der Waals surface area (Å²) in [5.74, 6) is -0.274. The highest BCUT2D eigenvalue weighted by molar-refractivity contribution is 7.89. The summed E-state index contributed by atoms with van der Waals surface area (Å²) in [5.41, 5.74) is -0.139. The first kappa shape index (κ1) is 19.9. The van der Waals surface area contributed by atoms with Crippen LogP contribution in [-0.4, -0.2) is 32.6 Å². The van der Waals surface area contributed by atoms with Crippen molar-refractivity contribution < 1.29 is 17.9 Å². The highest BCUT2D eigenvalue weighted by atomic mass is 32.2. The molecule has 1 aliphatic rings. The molecule has 0 bridgehead atoms. The molecule has 7 heteroatoms. The summed E-state index contributed by atoms with van der Waals surface area (Å²) in [7, 11) is -3.64. The summed E-state index contributed by atoms with van der Waals surface area (Å²) in [6.07, 6.45) is 5.68. The van der Waals surface area contributed by atoms with Gasteiger partial charge in [-0.25, -0.2) is 13.1 Å². The molecule has 2 rings (SSSR count). The SMILES string of the molecule is CC(C)(C)NS(=O)(=O)c1cccc(NC(=O)COC2CCCCC2)c1. The molecule has 0 heterocycles. The molecular weight excluding hydrogens is 340 g/mol. The fourth-order valence-corrected chi connectivity index (χ4v) is 4.29. The Bertz CT molecular complexity index is 689. The lowest BCUT2D eigenvalue weighted by Crippen LogP contribution is -2.40. The lowest BCUT2D eigenvalue weighted by molar-refractivity contribution is -0.123. The number of rotatable bonds is 6. The van der Waals surface area contributed by atoms with Crippen LogP contribution in [0.4, 0.5) is 5.69 Å². The van der Waals surface area contributed by atoms with E-state index in [1.807, 2.05) is 0 Å². The van der Waals surface area contributed by atoms with Crippen LogP contribution in [0, 0.1) is 0 Å². The maximum Gasteiger partial charge on any atom is 0.250 e. The molecule has 1 aromatic rings. The van der Waals surface area contributed by atoms with E-state index in [4.69, 9.17) is 4.74 Å². The Kier molecular flexibility index (Phi) is 6.59. The summed E-state index contributed by atoms with van der Waals surface area (Å²) in [4.78, 5) is 12.2. The highest BCUT2D eigenvalue weighted by Gasteiger charge is 2.22. The van der Waals surface area contributed by atoms with Crippen molar-refractivity contribution in [3.63, 3.8) is 0 Å². The van der Waals surface area contributed by atoms with Crippen LogP contribution in [0.1, 0.15) is 52.9 Å². The Labute approximate surface area is 150 Å². The zero-order valence-electron chi connectivity index (χ0n) is 15.2. The van der Waals surface area contributed by atoms with Gasteiger partial charge in [0.25, 0.3) is 0 Å². The molecule has 0 aliphatic heterocycles. The Hall–Kier alpha value is -1.44. The highest BCUT2D eigenvalue weighted by Crippen LogP contribution is 2.20. The second kappa shape index (κ2) is 8.29. The molecule has 2 N–H and O–H groups in total. The minimum absolute atomic E-state index is 0.0120. The van der Waals surface area contributed by atoms with Gasteiger partial charge in [0, 0.05) is 11.2 Å². The van der Waals surface area contributed by atoms with Gasteiger partial charge in [-0.1, -0.05) is 25.3 Å². The number of nitrogens with one attached hydrogen (secondary N) is 2.